The van der Waals surface area contributed by atoms with Crippen LogP contribution in [0.15, 0.2) is 18.2 Å². The summed E-state index contributed by atoms with van der Waals surface area (Å²) in [6.07, 6.45) is 1.71. The Morgan fingerprint density at radius 1 is 1.28 bits per heavy atom. The molecule has 18 heavy (non-hydrogen) atoms. The largest absolute Gasteiger partial charge is 0.385 e. The normalized spacial score (nSPS) is 26.0. The Balaban J connectivity index is 2.27. The quantitative estimate of drug-likeness (QED) is 0.878. The summed E-state index contributed by atoms with van der Waals surface area (Å²) in [7, 11) is 0. The number of nitrogens with zero attached hydrogens (tertiary/aromatic N) is 1. The Bertz CT molecular complexity index is 424. The van der Waals surface area contributed by atoms with Crippen LogP contribution in [-0.4, -0.2) is 29.6 Å². The smallest absolute Gasteiger partial charge is 0.164 e. The highest BCUT2D eigenvalue weighted by Gasteiger charge is 2.34. The Labute approximate surface area is 106 Å². The van der Waals surface area contributed by atoms with Crippen molar-refractivity contribution in [3.8, 4) is 0 Å². The highest BCUT2D eigenvalue weighted by molar-refractivity contribution is 5.25. The molecule has 0 aromatic heterocycles. The minimum Gasteiger partial charge on any atom is -0.385 e. The molecule has 1 unspecified atom stereocenters. The van der Waals surface area contributed by atoms with Crippen LogP contribution in [0.25, 0.3) is 0 Å². The van der Waals surface area contributed by atoms with Crippen LogP contribution in [-0.2, 0) is 5.60 Å². The number of halogens is 2. The molecule has 1 aliphatic heterocycles. The van der Waals surface area contributed by atoms with Crippen LogP contribution in [0.3, 0.4) is 0 Å². The molecular formula is C14H19F2NO. The molecular weight excluding hydrogens is 236 g/mol. The van der Waals surface area contributed by atoms with Crippen LogP contribution in [0.4, 0.5) is 8.78 Å². The second kappa shape index (κ2) is 5.33. The van der Waals surface area contributed by atoms with Gasteiger partial charge in [0, 0.05) is 12.1 Å². The Morgan fingerprint density at radius 2 is 2.06 bits per heavy atom. The lowest BCUT2D eigenvalue weighted by molar-refractivity contribution is 0.0173. The first-order valence-corrected chi connectivity index (χ1v) is 6.46. The molecule has 1 aromatic carbocycles. The fraction of sp³-hybridized carbons (Fsp3) is 0.571. The highest BCUT2D eigenvalue weighted by atomic mass is 19.2. The number of aliphatic hydroxyl groups is 1. The van der Waals surface area contributed by atoms with E-state index >= 15 is 0 Å². The van der Waals surface area contributed by atoms with Gasteiger partial charge < -0.3 is 10.0 Å². The van der Waals surface area contributed by atoms with E-state index in [0.717, 1.165) is 25.6 Å². The number of likely N-dealkylation sites (tertiary alicyclic amines) is 1. The van der Waals surface area contributed by atoms with Gasteiger partial charge in [-0.15, -0.1) is 0 Å². The summed E-state index contributed by atoms with van der Waals surface area (Å²) >= 11 is 0. The topological polar surface area (TPSA) is 23.5 Å². The molecule has 1 aliphatic rings. The summed E-state index contributed by atoms with van der Waals surface area (Å²) in [5, 5.41) is 10.6. The van der Waals surface area contributed by atoms with Gasteiger partial charge in [0.25, 0.3) is 0 Å². The van der Waals surface area contributed by atoms with E-state index in [1.54, 1.807) is 0 Å². The van der Waals surface area contributed by atoms with Crippen LogP contribution >= 0.6 is 0 Å². The lowest BCUT2D eigenvalue weighted by Crippen LogP contribution is -2.30. The van der Waals surface area contributed by atoms with E-state index in [0.29, 0.717) is 19.4 Å². The summed E-state index contributed by atoms with van der Waals surface area (Å²) in [4.78, 5) is 2.22. The third-order valence-corrected chi connectivity index (χ3v) is 3.81. The summed E-state index contributed by atoms with van der Waals surface area (Å²) in [5.41, 5.74) is -1.14. The first kappa shape index (κ1) is 13.4. The molecule has 1 N–H and O–H groups in total. The molecule has 0 radical (unpaired) electrons. The Hall–Kier alpha value is -1.00. The van der Waals surface area contributed by atoms with Gasteiger partial charge >= 0.3 is 0 Å². The van der Waals surface area contributed by atoms with E-state index in [1.807, 2.05) is 0 Å². The molecule has 1 saturated heterocycles. The molecule has 0 aliphatic carbocycles. The van der Waals surface area contributed by atoms with Gasteiger partial charge in [-0.05, 0) is 38.4 Å². The van der Waals surface area contributed by atoms with Crippen molar-refractivity contribution in [3.63, 3.8) is 0 Å². The van der Waals surface area contributed by atoms with Crippen molar-refractivity contribution in [1.29, 1.82) is 0 Å². The van der Waals surface area contributed by atoms with E-state index in [1.165, 1.54) is 12.1 Å². The standard InChI is InChI=1S/C14H19F2NO/c1-2-17-9-4-7-14(18,8-10-17)11-5-3-6-12(15)13(11)16/h3,5-6,18H,2,4,7-10H2,1H3. The minimum atomic E-state index is -1.24. The zero-order valence-corrected chi connectivity index (χ0v) is 10.6. The van der Waals surface area contributed by atoms with Crippen molar-refractivity contribution in [2.24, 2.45) is 0 Å². The van der Waals surface area contributed by atoms with Gasteiger partial charge in [0.2, 0.25) is 0 Å². The van der Waals surface area contributed by atoms with Gasteiger partial charge in [0.05, 0.1) is 5.60 Å². The lowest BCUT2D eigenvalue weighted by Gasteiger charge is -2.27. The molecule has 2 rings (SSSR count). The van der Waals surface area contributed by atoms with Gasteiger partial charge in [0.1, 0.15) is 0 Å². The van der Waals surface area contributed by atoms with Gasteiger partial charge in [-0.25, -0.2) is 8.78 Å². The first-order chi connectivity index (χ1) is 8.57. The van der Waals surface area contributed by atoms with Gasteiger partial charge in [-0.2, -0.15) is 0 Å². The molecule has 1 heterocycles. The van der Waals surface area contributed by atoms with E-state index in [2.05, 4.69) is 11.8 Å². The second-order valence-corrected chi connectivity index (χ2v) is 4.92. The molecule has 1 fully saturated rings. The predicted octanol–water partition coefficient (Wildman–Crippen LogP) is 2.66. The molecule has 1 atom stereocenters. The van der Waals surface area contributed by atoms with Crippen LogP contribution in [0.5, 0.6) is 0 Å². The van der Waals surface area contributed by atoms with E-state index in [4.69, 9.17) is 0 Å². The van der Waals surface area contributed by atoms with Gasteiger partial charge in [-0.3, -0.25) is 0 Å². The van der Waals surface area contributed by atoms with Crippen molar-refractivity contribution in [1.82, 2.24) is 4.90 Å². The average Bonchev–Trinajstić information content (AvgIpc) is 2.55. The summed E-state index contributed by atoms with van der Waals surface area (Å²) in [6, 6.07) is 4.02. The molecule has 100 valence electrons. The Kier molecular flexibility index (Phi) is 3.97. The van der Waals surface area contributed by atoms with Crippen molar-refractivity contribution in [3.05, 3.63) is 35.4 Å². The number of rotatable bonds is 2. The molecule has 0 spiro atoms. The lowest BCUT2D eigenvalue weighted by atomic mass is 9.86. The molecule has 1 aromatic rings. The third-order valence-electron chi connectivity index (χ3n) is 3.81. The highest BCUT2D eigenvalue weighted by Crippen LogP contribution is 2.34. The van der Waals surface area contributed by atoms with Gasteiger partial charge in [-0.1, -0.05) is 19.1 Å². The maximum absolute atomic E-state index is 13.8. The predicted molar refractivity (Wildman–Crippen MR) is 66.2 cm³/mol. The van der Waals surface area contributed by atoms with Crippen molar-refractivity contribution >= 4 is 0 Å². The van der Waals surface area contributed by atoms with Crippen molar-refractivity contribution in [2.45, 2.75) is 31.8 Å². The summed E-state index contributed by atoms with van der Waals surface area (Å²) in [5.74, 6) is -1.80. The van der Waals surface area contributed by atoms with E-state index in [9.17, 15) is 13.9 Å². The molecule has 0 amide bonds. The Morgan fingerprint density at radius 3 is 2.78 bits per heavy atom. The number of benzene rings is 1. The second-order valence-electron chi connectivity index (χ2n) is 4.92. The maximum Gasteiger partial charge on any atom is 0.164 e. The fourth-order valence-electron chi connectivity index (χ4n) is 2.62. The van der Waals surface area contributed by atoms with Crippen LogP contribution in [0, 0.1) is 11.6 Å². The van der Waals surface area contributed by atoms with Gasteiger partial charge in [0.15, 0.2) is 11.6 Å². The zero-order valence-electron chi connectivity index (χ0n) is 10.6. The molecule has 4 heteroatoms. The van der Waals surface area contributed by atoms with Crippen molar-refractivity contribution in [2.75, 3.05) is 19.6 Å². The minimum absolute atomic E-state index is 0.0976. The van der Waals surface area contributed by atoms with Crippen LogP contribution < -0.4 is 0 Å². The summed E-state index contributed by atoms with van der Waals surface area (Å²) in [6.45, 7) is 4.59. The fourth-order valence-corrected chi connectivity index (χ4v) is 2.62. The number of hydrogen-bond acceptors (Lipinski definition) is 2. The average molecular weight is 255 g/mol. The molecule has 0 saturated carbocycles. The van der Waals surface area contributed by atoms with Crippen molar-refractivity contribution < 1.29 is 13.9 Å². The first-order valence-electron chi connectivity index (χ1n) is 6.46. The maximum atomic E-state index is 13.8. The van der Waals surface area contributed by atoms with Crippen LogP contribution in [0.1, 0.15) is 31.7 Å². The summed E-state index contributed by atoms with van der Waals surface area (Å²) < 4.78 is 27.0. The van der Waals surface area contributed by atoms with Crippen LogP contribution in [0.2, 0.25) is 0 Å². The molecule has 2 nitrogen and oxygen atoms in total. The van der Waals surface area contributed by atoms with E-state index in [-0.39, 0.29) is 5.56 Å². The van der Waals surface area contributed by atoms with E-state index < -0.39 is 17.2 Å². The monoisotopic (exact) mass is 255 g/mol. The number of hydrogen-bond donors (Lipinski definition) is 1. The zero-order chi connectivity index (χ0) is 13.2. The SMILES string of the molecule is CCN1CCCC(O)(c2cccc(F)c2F)CC1. The molecule has 0 bridgehead atoms. The third kappa shape index (κ3) is 2.54.